The lowest BCUT2D eigenvalue weighted by Gasteiger charge is -2.42. The number of nitrogens with one attached hydrogen (secondary N) is 4. The summed E-state index contributed by atoms with van der Waals surface area (Å²) >= 11 is 1.63. The Hall–Kier alpha value is -0.800. The maximum atomic E-state index is 12.1. The van der Waals surface area contributed by atoms with E-state index in [9.17, 15) is 4.79 Å². The maximum Gasteiger partial charge on any atom is 0.259 e. The van der Waals surface area contributed by atoms with Crippen molar-refractivity contribution in [3.8, 4) is 0 Å². The minimum absolute atomic E-state index is 0.00172. The SMILES string of the molecule is NCCNC(=O)C1=CN(C2CCNC3NCNC32)CCS1. The molecular formula is C13H24N6OS. The summed E-state index contributed by atoms with van der Waals surface area (Å²) in [6.45, 7) is 3.84. The van der Waals surface area contributed by atoms with Crippen LogP contribution in [0.4, 0.5) is 0 Å². The molecule has 0 aromatic heterocycles. The van der Waals surface area contributed by atoms with Gasteiger partial charge in [-0.3, -0.25) is 15.4 Å². The van der Waals surface area contributed by atoms with Gasteiger partial charge in [0.2, 0.25) is 0 Å². The van der Waals surface area contributed by atoms with Crippen LogP contribution in [-0.2, 0) is 4.79 Å². The molecule has 0 aromatic rings. The number of amides is 1. The van der Waals surface area contributed by atoms with Gasteiger partial charge in [0.1, 0.15) is 0 Å². The third-order valence-electron chi connectivity index (χ3n) is 4.21. The molecule has 8 heteroatoms. The van der Waals surface area contributed by atoms with Crippen LogP contribution in [0.15, 0.2) is 11.1 Å². The molecule has 3 aliphatic rings. The highest BCUT2D eigenvalue weighted by Crippen LogP contribution is 2.27. The van der Waals surface area contributed by atoms with Gasteiger partial charge >= 0.3 is 0 Å². The van der Waals surface area contributed by atoms with Gasteiger partial charge in [-0.05, 0) is 13.0 Å². The van der Waals surface area contributed by atoms with E-state index in [2.05, 4.69) is 26.2 Å². The molecular weight excluding hydrogens is 288 g/mol. The fourth-order valence-corrected chi connectivity index (χ4v) is 4.13. The van der Waals surface area contributed by atoms with Crippen molar-refractivity contribution in [2.24, 2.45) is 5.73 Å². The van der Waals surface area contributed by atoms with Gasteiger partial charge in [-0.1, -0.05) is 0 Å². The normalized spacial score (nSPS) is 32.5. The van der Waals surface area contributed by atoms with Crippen molar-refractivity contribution in [3.63, 3.8) is 0 Å². The van der Waals surface area contributed by atoms with Gasteiger partial charge in [-0.25, -0.2) is 0 Å². The van der Waals surface area contributed by atoms with Crippen molar-refractivity contribution in [3.05, 3.63) is 11.1 Å². The molecule has 6 N–H and O–H groups in total. The fourth-order valence-electron chi connectivity index (χ4n) is 3.20. The lowest BCUT2D eigenvalue weighted by molar-refractivity contribution is -0.116. The first-order valence-corrected chi connectivity index (χ1v) is 8.57. The Morgan fingerprint density at radius 1 is 1.48 bits per heavy atom. The van der Waals surface area contributed by atoms with E-state index >= 15 is 0 Å². The molecule has 3 unspecified atom stereocenters. The van der Waals surface area contributed by atoms with Crippen LogP contribution in [0.5, 0.6) is 0 Å². The summed E-state index contributed by atoms with van der Waals surface area (Å²) in [5.41, 5.74) is 5.44. The molecule has 3 rings (SSSR count). The van der Waals surface area contributed by atoms with Crippen LogP contribution in [0.3, 0.4) is 0 Å². The van der Waals surface area contributed by atoms with Crippen LogP contribution >= 0.6 is 11.8 Å². The average Bonchev–Trinajstić information content (AvgIpc) is 3.01. The molecule has 0 saturated carbocycles. The second-order valence-electron chi connectivity index (χ2n) is 5.52. The molecule has 3 atom stereocenters. The fraction of sp³-hybridized carbons (Fsp3) is 0.769. The molecule has 1 amide bonds. The van der Waals surface area contributed by atoms with Crippen LogP contribution in [0.2, 0.25) is 0 Å². The predicted octanol–water partition coefficient (Wildman–Crippen LogP) is -1.84. The number of piperidine rings is 1. The van der Waals surface area contributed by atoms with Gasteiger partial charge < -0.3 is 21.3 Å². The molecule has 2 fully saturated rings. The summed E-state index contributed by atoms with van der Waals surface area (Å²) in [6, 6.07) is 0.830. The first-order valence-electron chi connectivity index (χ1n) is 7.58. The second kappa shape index (κ2) is 6.97. The highest BCUT2D eigenvalue weighted by molar-refractivity contribution is 8.04. The van der Waals surface area contributed by atoms with Gasteiger partial charge in [0.15, 0.2) is 0 Å². The van der Waals surface area contributed by atoms with E-state index in [1.165, 1.54) is 0 Å². The van der Waals surface area contributed by atoms with E-state index in [0.29, 0.717) is 31.3 Å². The average molecular weight is 312 g/mol. The minimum atomic E-state index is -0.00172. The third-order valence-corrected chi connectivity index (χ3v) is 5.20. The summed E-state index contributed by atoms with van der Waals surface area (Å²) in [6.07, 6.45) is 3.46. The Kier molecular flexibility index (Phi) is 5.02. The standard InChI is InChI=1S/C13H24N6OS/c14-2-4-16-13(20)10-7-19(5-6-21-10)9-1-3-15-12-11(9)17-8-18-12/h7,9,11-12,15,17-18H,1-6,8,14H2,(H,16,20). The Morgan fingerprint density at radius 2 is 2.38 bits per heavy atom. The van der Waals surface area contributed by atoms with Crippen LogP contribution in [0.25, 0.3) is 0 Å². The zero-order valence-corrected chi connectivity index (χ0v) is 12.9. The monoisotopic (exact) mass is 312 g/mol. The largest absolute Gasteiger partial charge is 0.371 e. The zero-order chi connectivity index (χ0) is 14.7. The zero-order valence-electron chi connectivity index (χ0n) is 12.1. The number of fused-ring (bicyclic) bond motifs is 1. The molecule has 0 aliphatic carbocycles. The van der Waals surface area contributed by atoms with Crippen LogP contribution in [0, 0.1) is 0 Å². The van der Waals surface area contributed by atoms with Crippen molar-refractivity contribution >= 4 is 17.7 Å². The van der Waals surface area contributed by atoms with E-state index in [1.54, 1.807) is 11.8 Å². The highest BCUT2D eigenvalue weighted by Gasteiger charge is 2.39. The number of carbonyl (C=O) groups excluding carboxylic acids is 1. The molecule has 118 valence electrons. The molecule has 21 heavy (non-hydrogen) atoms. The van der Waals surface area contributed by atoms with Crippen molar-refractivity contribution in [2.75, 3.05) is 38.6 Å². The first-order chi connectivity index (χ1) is 10.3. The van der Waals surface area contributed by atoms with Crippen molar-refractivity contribution < 1.29 is 4.79 Å². The molecule has 0 radical (unpaired) electrons. The Morgan fingerprint density at radius 3 is 3.24 bits per heavy atom. The number of hydrogen-bond acceptors (Lipinski definition) is 7. The quantitative estimate of drug-likeness (QED) is 0.416. The van der Waals surface area contributed by atoms with Gasteiger partial charge in [0, 0.05) is 44.3 Å². The molecule has 0 aromatic carbocycles. The maximum absolute atomic E-state index is 12.1. The summed E-state index contributed by atoms with van der Waals surface area (Å²) < 4.78 is 0. The first kappa shape index (κ1) is 15.1. The Labute approximate surface area is 129 Å². The number of rotatable bonds is 4. The summed E-state index contributed by atoms with van der Waals surface area (Å²) in [5.74, 6) is 0.953. The van der Waals surface area contributed by atoms with E-state index in [1.807, 2.05) is 6.20 Å². The molecule has 7 nitrogen and oxygen atoms in total. The minimum Gasteiger partial charge on any atom is -0.371 e. The molecule has 0 spiro atoms. The number of carbonyl (C=O) groups is 1. The highest BCUT2D eigenvalue weighted by atomic mass is 32.2. The third kappa shape index (κ3) is 3.35. The summed E-state index contributed by atoms with van der Waals surface area (Å²) in [7, 11) is 0. The van der Waals surface area contributed by atoms with Crippen LogP contribution in [0.1, 0.15) is 6.42 Å². The lowest BCUT2D eigenvalue weighted by atomic mass is 9.97. The second-order valence-corrected chi connectivity index (χ2v) is 6.66. The van der Waals surface area contributed by atoms with E-state index in [0.717, 1.165) is 36.8 Å². The molecule has 2 saturated heterocycles. The molecule has 0 bridgehead atoms. The van der Waals surface area contributed by atoms with Gasteiger partial charge in [-0.2, -0.15) is 0 Å². The van der Waals surface area contributed by atoms with Crippen molar-refractivity contribution in [1.29, 1.82) is 0 Å². The van der Waals surface area contributed by atoms with Crippen molar-refractivity contribution in [2.45, 2.75) is 24.7 Å². The molecule has 3 heterocycles. The van der Waals surface area contributed by atoms with Crippen LogP contribution < -0.4 is 27.0 Å². The Balaban J connectivity index is 1.68. The van der Waals surface area contributed by atoms with Crippen LogP contribution in [-0.4, -0.2) is 67.7 Å². The van der Waals surface area contributed by atoms with E-state index < -0.39 is 0 Å². The number of nitrogens with two attached hydrogens (primary N) is 1. The van der Waals surface area contributed by atoms with Gasteiger partial charge in [0.25, 0.3) is 5.91 Å². The summed E-state index contributed by atoms with van der Waals surface area (Å²) in [5, 5.41) is 13.3. The number of thioether (sulfide) groups is 1. The lowest BCUT2D eigenvalue weighted by Crippen LogP contribution is -2.61. The Bertz CT molecular complexity index is 417. The smallest absolute Gasteiger partial charge is 0.259 e. The van der Waals surface area contributed by atoms with Crippen molar-refractivity contribution in [1.82, 2.24) is 26.2 Å². The van der Waals surface area contributed by atoms with E-state index in [4.69, 9.17) is 5.73 Å². The van der Waals surface area contributed by atoms with E-state index in [-0.39, 0.29) is 5.91 Å². The topological polar surface area (TPSA) is 94.5 Å². The number of hydrogen-bond donors (Lipinski definition) is 5. The van der Waals surface area contributed by atoms with Gasteiger partial charge in [0.05, 0.1) is 17.1 Å². The predicted molar refractivity (Wildman–Crippen MR) is 84.4 cm³/mol. The van der Waals surface area contributed by atoms with Gasteiger partial charge in [-0.15, -0.1) is 11.8 Å². The molecule has 3 aliphatic heterocycles. The summed E-state index contributed by atoms with van der Waals surface area (Å²) in [4.78, 5) is 15.2. The number of nitrogens with zero attached hydrogens (tertiary/aromatic N) is 1.